The van der Waals surface area contributed by atoms with E-state index in [1.54, 1.807) is 18.2 Å². The maximum Gasteiger partial charge on any atom is 0.249 e. The summed E-state index contributed by atoms with van der Waals surface area (Å²) in [6.07, 6.45) is 1.26. The van der Waals surface area contributed by atoms with Crippen LogP contribution in [-0.2, 0) is 20.7 Å². The van der Waals surface area contributed by atoms with Gasteiger partial charge in [-0.25, -0.2) is 0 Å². The van der Waals surface area contributed by atoms with Gasteiger partial charge in [0.2, 0.25) is 11.8 Å². The lowest BCUT2D eigenvalue weighted by molar-refractivity contribution is -0.133. The van der Waals surface area contributed by atoms with Crippen molar-refractivity contribution >= 4 is 23.4 Å². The number of halogens is 1. The number of methoxy groups -OCH3 is 1. The van der Waals surface area contributed by atoms with Gasteiger partial charge in [-0.05, 0) is 30.5 Å². The Morgan fingerprint density at radius 3 is 2.86 bits per heavy atom. The molecule has 3 N–H and O–H groups in total. The highest BCUT2D eigenvalue weighted by Gasteiger charge is 2.27. The van der Waals surface area contributed by atoms with Gasteiger partial charge in [0.15, 0.2) is 0 Å². The van der Waals surface area contributed by atoms with Crippen molar-refractivity contribution in [1.82, 2.24) is 5.32 Å². The Labute approximate surface area is 133 Å². The number of benzene rings is 1. The molecule has 1 aromatic carbocycles. The molecule has 1 aliphatic heterocycles. The van der Waals surface area contributed by atoms with Crippen molar-refractivity contribution < 1.29 is 19.1 Å². The number of primary amides is 1. The monoisotopic (exact) mass is 326 g/mol. The first-order chi connectivity index (χ1) is 10.5. The number of nitrogens with one attached hydrogen (secondary N) is 1. The summed E-state index contributed by atoms with van der Waals surface area (Å²) in [5.74, 6) is -0.358. The topological polar surface area (TPSA) is 90.7 Å². The third kappa shape index (κ3) is 4.11. The molecule has 2 amide bonds. The summed E-state index contributed by atoms with van der Waals surface area (Å²) >= 11 is 6.05. The Balaban J connectivity index is 2.03. The van der Waals surface area contributed by atoms with Crippen LogP contribution in [0.25, 0.3) is 0 Å². The first-order valence-electron chi connectivity index (χ1n) is 7.05. The Kier molecular flexibility index (Phi) is 5.63. The van der Waals surface area contributed by atoms with Gasteiger partial charge in [0.1, 0.15) is 17.9 Å². The van der Waals surface area contributed by atoms with E-state index in [4.69, 9.17) is 26.8 Å². The quantitative estimate of drug-likeness (QED) is 0.817. The smallest absolute Gasteiger partial charge is 0.249 e. The molecular weight excluding hydrogens is 308 g/mol. The van der Waals surface area contributed by atoms with Crippen LogP contribution in [0.1, 0.15) is 18.4 Å². The van der Waals surface area contributed by atoms with Gasteiger partial charge in [-0.2, -0.15) is 0 Å². The second-order valence-electron chi connectivity index (χ2n) is 5.14. The first-order valence-corrected chi connectivity index (χ1v) is 7.42. The maximum absolute atomic E-state index is 12.0. The normalized spacial score (nSPS) is 18.7. The predicted molar refractivity (Wildman–Crippen MR) is 81.8 cm³/mol. The predicted octanol–water partition coefficient (Wildman–Crippen LogP) is 1.04. The Bertz CT molecular complexity index is 558. The van der Waals surface area contributed by atoms with E-state index in [0.29, 0.717) is 23.8 Å². The summed E-state index contributed by atoms with van der Waals surface area (Å²) in [5, 5.41) is 3.08. The second kappa shape index (κ2) is 7.47. The summed E-state index contributed by atoms with van der Waals surface area (Å²) in [6, 6.07) is 4.37. The fourth-order valence-electron chi connectivity index (χ4n) is 2.34. The third-order valence-electron chi connectivity index (χ3n) is 3.54. The molecule has 2 rings (SSSR count). The molecule has 1 heterocycles. The minimum absolute atomic E-state index is 0.261. The van der Waals surface area contributed by atoms with Crippen molar-refractivity contribution in [3.8, 4) is 5.75 Å². The van der Waals surface area contributed by atoms with Crippen LogP contribution in [0.4, 0.5) is 0 Å². The summed E-state index contributed by atoms with van der Waals surface area (Å²) in [6.45, 7) is 0.563. The van der Waals surface area contributed by atoms with Gasteiger partial charge in [-0.3, -0.25) is 9.59 Å². The van der Waals surface area contributed by atoms with E-state index < -0.39 is 18.1 Å². The van der Waals surface area contributed by atoms with E-state index >= 15 is 0 Å². The molecule has 0 unspecified atom stereocenters. The van der Waals surface area contributed by atoms with Crippen molar-refractivity contribution in [2.75, 3.05) is 13.7 Å². The molecule has 120 valence electrons. The van der Waals surface area contributed by atoms with Crippen molar-refractivity contribution in [2.45, 2.75) is 31.4 Å². The van der Waals surface area contributed by atoms with Crippen molar-refractivity contribution in [3.05, 3.63) is 28.8 Å². The molecule has 0 spiro atoms. The SMILES string of the molecule is COc1ccc(C[C@H](NC(=O)[C@@H]2CCCO2)C(N)=O)cc1Cl. The highest BCUT2D eigenvalue weighted by atomic mass is 35.5. The number of rotatable bonds is 6. The van der Waals surface area contributed by atoms with Crippen molar-refractivity contribution in [3.63, 3.8) is 0 Å². The lowest BCUT2D eigenvalue weighted by Gasteiger charge is -2.18. The first kappa shape index (κ1) is 16.6. The van der Waals surface area contributed by atoms with Gasteiger partial charge >= 0.3 is 0 Å². The summed E-state index contributed by atoms with van der Waals surface area (Å²) in [5.41, 5.74) is 6.15. The summed E-state index contributed by atoms with van der Waals surface area (Å²) < 4.78 is 10.4. The maximum atomic E-state index is 12.0. The van der Waals surface area contributed by atoms with E-state index in [1.807, 2.05) is 0 Å². The molecule has 2 atom stereocenters. The molecular formula is C15H19ClN2O4. The fraction of sp³-hybridized carbons (Fsp3) is 0.467. The zero-order valence-corrected chi connectivity index (χ0v) is 13.1. The molecule has 1 saturated heterocycles. The molecule has 1 aromatic rings. The fourth-order valence-corrected chi connectivity index (χ4v) is 2.62. The van der Waals surface area contributed by atoms with Crippen LogP contribution in [0, 0.1) is 0 Å². The average molecular weight is 327 g/mol. The second-order valence-corrected chi connectivity index (χ2v) is 5.55. The van der Waals surface area contributed by atoms with E-state index in [2.05, 4.69) is 5.32 Å². The van der Waals surface area contributed by atoms with Crippen LogP contribution in [0.2, 0.25) is 5.02 Å². The van der Waals surface area contributed by atoms with E-state index in [0.717, 1.165) is 12.0 Å². The third-order valence-corrected chi connectivity index (χ3v) is 3.83. The molecule has 0 aliphatic carbocycles. The van der Waals surface area contributed by atoms with Crippen molar-refractivity contribution in [1.29, 1.82) is 0 Å². The van der Waals surface area contributed by atoms with Crippen LogP contribution < -0.4 is 15.8 Å². The minimum Gasteiger partial charge on any atom is -0.495 e. The largest absolute Gasteiger partial charge is 0.495 e. The zero-order chi connectivity index (χ0) is 16.1. The molecule has 1 aliphatic rings. The summed E-state index contributed by atoms with van der Waals surface area (Å²) in [4.78, 5) is 23.6. The molecule has 0 saturated carbocycles. The van der Waals surface area contributed by atoms with Gasteiger partial charge < -0.3 is 20.5 Å². The number of amides is 2. The van der Waals surface area contributed by atoms with Gasteiger partial charge in [-0.15, -0.1) is 0 Å². The Morgan fingerprint density at radius 2 is 2.32 bits per heavy atom. The lowest BCUT2D eigenvalue weighted by Crippen LogP contribution is -2.49. The zero-order valence-electron chi connectivity index (χ0n) is 12.3. The molecule has 0 bridgehead atoms. The van der Waals surface area contributed by atoms with Gasteiger partial charge in [0, 0.05) is 13.0 Å². The highest BCUT2D eigenvalue weighted by Crippen LogP contribution is 2.25. The standard InChI is InChI=1S/C15H19ClN2O4/c1-21-12-5-4-9(7-10(12)16)8-11(14(17)19)18-15(20)13-3-2-6-22-13/h4-5,7,11,13H,2-3,6,8H2,1H3,(H2,17,19)(H,18,20)/t11-,13-/m0/s1. The molecule has 0 radical (unpaired) electrons. The van der Waals surface area contributed by atoms with Crippen LogP contribution in [-0.4, -0.2) is 37.7 Å². The molecule has 6 nitrogen and oxygen atoms in total. The van der Waals surface area contributed by atoms with E-state index in [-0.39, 0.29) is 12.3 Å². The van der Waals surface area contributed by atoms with Crippen LogP contribution in [0.5, 0.6) is 5.75 Å². The average Bonchev–Trinajstić information content (AvgIpc) is 3.01. The number of hydrogen-bond acceptors (Lipinski definition) is 4. The van der Waals surface area contributed by atoms with Gasteiger partial charge in [-0.1, -0.05) is 17.7 Å². The number of carbonyl (C=O) groups is 2. The highest BCUT2D eigenvalue weighted by molar-refractivity contribution is 6.32. The number of carbonyl (C=O) groups excluding carboxylic acids is 2. The molecule has 0 aromatic heterocycles. The van der Waals surface area contributed by atoms with Crippen LogP contribution in [0.3, 0.4) is 0 Å². The Hall–Kier alpha value is -1.79. The number of nitrogens with two attached hydrogens (primary N) is 1. The van der Waals surface area contributed by atoms with Crippen LogP contribution >= 0.6 is 11.6 Å². The Morgan fingerprint density at radius 1 is 1.55 bits per heavy atom. The van der Waals surface area contributed by atoms with Crippen LogP contribution in [0.15, 0.2) is 18.2 Å². The number of ether oxygens (including phenoxy) is 2. The number of hydrogen-bond donors (Lipinski definition) is 2. The van der Waals surface area contributed by atoms with Gasteiger partial charge in [0.05, 0.1) is 12.1 Å². The molecule has 1 fully saturated rings. The summed E-state index contributed by atoms with van der Waals surface area (Å²) in [7, 11) is 1.52. The molecule has 22 heavy (non-hydrogen) atoms. The lowest BCUT2D eigenvalue weighted by atomic mass is 10.0. The van der Waals surface area contributed by atoms with E-state index in [1.165, 1.54) is 7.11 Å². The molecule has 7 heteroatoms. The van der Waals surface area contributed by atoms with Gasteiger partial charge in [0.25, 0.3) is 0 Å². The van der Waals surface area contributed by atoms with Crippen molar-refractivity contribution in [2.24, 2.45) is 5.73 Å². The van der Waals surface area contributed by atoms with E-state index in [9.17, 15) is 9.59 Å². The minimum atomic E-state index is -0.804.